The van der Waals surface area contributed by atoms with Crippen LogP contribution in [-0.2, 0) is 12.8 Å². The zero-order chi connectivity index (χ0) is 16.5. The highest BCUT2D eigenvalue weighted by Crippen LogP contribution is 2.38. The number of rotatable bonds is 3. The van der Waals surface area contributed by atoms with Crippen molar-refractivity contribution in [2.24, 2.45) is 0 Å². The van der Waals surface area contributed by atoms with Gasteiger partial charge in [-0.1, -0.05) is 86.6 Å². The Labute approximate surface area is 143 Å². The predicted octanol–water partition coefficient (Wildman–Crippen LogP) is 6.78. The van der Waals surface area contributed by atoms with E-state index in [1.165, 1.54) is 43.8 Å². The number of fused-ring (bicyclic) bond motifs is 2. The summed E-state index contributed by atoms with van der Waals surface area (Å²) in [7, 11) is 0. The normalized spacial score (nSPS) is 11.2. The molecular weight excluding hydrogens is 288 g/mol. The van der Waals surface area contributed by atoms with Gasteiger partial charge in [0, 0.05) is 0 Å². The molecule has 0 aromatic heterocycles. The van der Waals surface area contributed by atoms with Crippen LogP contribution >= 0.6 is 0 Å². The number of hydrogen-bond acceptors (Lipinski definition) is 0. The molecule has 0 unspecified atom stereocenters. The SMILES string of the molecule is CCc1cc2ccccc2c(-c2cccc3ccccc23)c1CC. The molecule has 0 aliphatic carbocycles. The highest BCUT2D eigenvalue weighted by molar-refractivity contribution is 6.07. The van der Waals surface area contributed by atoms with Crippen molar-refractivity contribution in [1.82, 2.24) is 0 Å². The molecule has 0 saturated heterocycles. The fourth-order valence-electron chi connectivity index (χ4n) is 3.92. The summed E-state index contributed by atoms with van der Waals surface area (Å²) in [4.78, 5) is 0. The lowest BCUT2D eigenvalue weighted by Crippen LogP contribution is -1.97. The molecule has 0 aliphatic rings. The van der Waals surface area contributed by atoms with Crippen LogP contribution in [0.5, 0.6) is 0 Å². The van der Waals surface area contributed by atoms with Crippen LogP contribution in [0.3, 0.4) is 0 Å². The first-order valence-electron chi connectivity index (χ1n) is 8.85. The van der Waals surface area contributed by atoms with E-state index in [4.69, 9.17) is 0 Å². The Morgan fingerprint density at radius 3 is 2.04 bits per heavy atom. The van der Waals surface area contributed by atoms with Crippen molar-refractivity contribution >= 4 is 21.5 Å². The molecule has 0 fully saturated rings. The van der Waals surface area contributed by atoms with Gasteiger partial charge >= 0.3 is 0 Å². The molecule has 24 heavy (non-hydrogen) atoms. The van der Waals surface area contributed by atoms with E-state index in [-0.39, 0.29) is 0 Å². The molecule has 0 heterocycles. The van der Waals surface area contributed by atoms with Crippen molar-refractivity contribution in [2.75, 3.05) is 0 Å². The van der Waals surface area contributed by atoms with Gasteiger partial charge < -0.3 is 0 Å². The van der Waals surface area contributed by atoms with E-state index in [2.05, 4.69) is 86.6 Å². The highest BCUT2D eigenvalue weighted by Gasteiger charge is 2.14. The maximum Gasteiger partial charge on any atom is -0.00644 e. The molecule has 0 amide bonds. The van der Waals surface area contributed by atoms with Crippen molar-refractivity contribution in [1.29, 1.82) is 0 Å². The molecule has 4 rings (SSSR count). The van der Waals surface area contributed by atoms with E-state index >= 15 is 0 Å². The largest absolute Gasteiger partial charge is 0.0616 e. The summed E-state index contributed by atoms with van der Waals surface area (Å²) in [6.45, 7) is 4.54. The molecule has 0 nitrogen and oxygen atoms in total. The van der Waals surface area contributed by atoms with Crippen LogP contribution in [0.25, 0.3) is 32.7 Å². The molecule has 0 N–H and O–H groups in total. The van der Waals surface area contributed by atoms with E-state index in [9.17, 15) is 0 Å². The lowest BCUT2D eigenvalue weighted by Gasteiger charge is -2.18. The number of hydrogen-bond donors (Lipinski definition) is 0. The van der Waals surface area contributed by atoms with Gasteiger partial charge in [-0.15, -0.1) is 0 Å². The molecule has 0 saturated carbocycles. The monoisotopic (exact) mass is 310 g/mol. The first-order chi connectivity index (χ1) is 11.8. The van der Waals surface area contributed by atoms with Crippen molar-refractivity contribution in [3.8, 4) is 11.1 Å². The smallest absolute Gasteiger partial charge is 0.00644 e. The molecule has 0 aliphatic heterocycles. The molecule has 0 radical (unpaired) electrons. The zero-order valence-electron chi connectivity index (χ0n) is 14.3. The van der Waals surface area contributed by atoms with Gasteiger partial charge in [0.1, 0.15) is 0 Å². The summed E-state index contributed by atoms with van der Waals surface area (Å²) in [5.74, 6) is 0. The average molecular weight is 310 g/mol. The van der Waals surface area contributed by atoms with E-state index in [0.29, 0.717) is 0 Å². The van der Waals surface area contributed by atoms with Crippen molar-refractivity contribution in [2.45, 2.75) is 26.7 Å². The topological polar surface area (TPSA) is 0 Å². The molecule has 4 aromatic rings. The quantitative estimate of drug-likeness (QED) is 0.391. The van der Waals surface area contributed by atoms with Gasteiger partial charge in [0.05, 0.1) is 0 Å². The first kappa shape index (κ1) is 15.0. The van der Waals surface area contributed by atoms with E-state index < -0.39 is 0 Å². The third kappa shape index (κ3) is 2.30. The predicted molar refractivity (Wildman–Crippen MR) is 106 cm³/mol. The zero-order valence-corrected chi connectivity index (χ0v) is 14.3. The van der Waals surface area contributed by atoms with Crippen molar-refractivity contribution in [3.05, 3.63) is 83.9 Å². The Kier molecular flexibility index (Phi) is 3.82. The fraction of sp³-hybridized carbons (Fsp3) is 0.167. The van der Waals surface area contributed by atoms with E-state index in [1.54, 1.807) is 0 Å². The van der Waals surface area contributed by atoms with Gasteiger partial charge in [0.2, 0.25) is 0 Å². The van der Waals surface area contributed by atoms with Gasteiger partial charge in [0.25, 0.3) is 0 Å². The second-order valence-electron chi connectivity index (χ2n) is 6.34. The minimum absolute atomic E-state index is 1.06. The summed E-state index contributed by atoms with van der Waals surface area (Å²) < 4.78 is 0. The van der Waals surface area contributed by atoms with Gasteiger partial charge in [-0.2, -0.15) is 0 Å². The van der Waals surface area contributed by atoms with Gasteiger partial charge in [-0.3, -0.25) is 0 Å². The van der Waals surface area contributed by atoms with Crippen LogP contribution in [0.4, 0.5) is 0 Å². The molecule has 118 valence electrons. The fourth-order valence-corrected chi connectivity index (χ4v) is 3.92. The van der Waals surface area contributed by atoms with Crippen molar-refractivity contribution in [3.63, 3.8) is 0 Å². The average Bonchev–Trinajstić information content (AvgIpc) is 2.66. The molecule has 0 spiro atoms. The van der Waals surface area contributed by atoms with Crippen molar-refractivity contribution < 1.29 is 0 Å². The van der Waals surface area contributed by atoms with Crippen LogP contribution < -0.4 is 0 Å². The second-order valence-corrected chi connectivity index (χ2v) is 6.34. The minimum Gasteiger partial charge on any atom is -0.0616 e. The molecule has 0 heteroatoms. The van der Waals surface area contributed by atoms with E-state index in [0.717, 1.165) is 12.8 Å². The third-order valence-electron chi connectivity index (χ3n) is 5.04. The van der Waals surface area contributed by atoms with Gasteiger partial charge in [-0.25, -0.2) is 0 Å². The summed E-state index contributed by atoms with van der Waals surface area (Å²) in [5, 5.41) is 5.36. The summed E-state index contributed by atoms with van der Waals surface area (Å²) >= 11 is 0. The van der Waals surface area contributed by atoms with Crippen LogP contribution in [-0.4, -0.2) is 0 Å². The maximum atomic E-state index is 2.38. The van der Waals surface area contributed by atoms with Gasteiger partial charge in [0.15, 0.2) is 0 Å². The van der Waals surface area contributed by atoms with E-state index in [1.807, 2.05) is 0 Å². The summed E-state index contributed by atoms with van der Waals surface area (Å²) in [6.07, 6.45) is 2.14. The van der Waals surface area contributed by atoms with Crippen LogP contribution in [0.2, 0.25) is 0 Å². The van der Waals surface area contributed by atoms with Gasteiger partial charge in [-0.05, 0) is 56.6 Å². The van der Waals surface area contributed by atoms with Crippen LogP contribution in [0.1, 0.15) is 25.0 Å². The number of benzene rings is 4. The Hall–Kier alpha value is -2.60. The molecule has 4 aromatic carbocycles. The summed E-state index contributed by atoms with van der Waals surface area (Å²) in [5.41, 5.74) is 5.74. The Bertz CT molecular complexity index is 1020. The molecular formula is C24H22. The van der Waals surface area contributed by atoms with Crippen LogP contribution in [0, 0.1) is 0 Å². The Balaban J connectivity index is 2.19. The minimum atomic E-state index is 1.06. The Morgan fingerprint density at radius 2 is 1.29 bits per heavy atom. The first-order valence-corrected chi connectivity index (χ1v) is 8.85. The maximum absolute atomic E-state index is 2.38. The molecule has 0 bridgehead atoms. The highest BCUT2D eigenvalue weighted by atomic mass is 14.2. The van der Waals surface area contributed by atoms with Crippen LogP contribution in [0.15, 0.2) is 72.8 Å². The standard InChI is InChI=1S/C24H22/c1-3-17-16-19-11-6-8-14-22(19)24(20(17)4-2)23-15-9-12-18-10-5-7-13-21(18)23/h5-16H,3-4H2,1-2H3. The second kappa shape index (κ2) is 6.13. The lowest BCUT2D eigenvalue weighted by molar-refractivity contribution is 1.05. The lowest BCUT2D eigenvalue weighted by atomic mass is 9.86. The Morgan fingerprint density at radius 1 is 0.625 bits per heavy atom. The molecule has 0 atom stereocenters. The third-order valence-corrected chi connectivity index (χ3v) is 5.04. The summed E-state index contributed by atoms with van der Waals surface area (Å²) in [6, 6.07) is 26.6. The number of aryl methyl sites for hydroxylation is 1.